The molecule has 136 valence electrons. The molecule has 0 aliphatic carbocycles. The molecule has 0 unspecified atom stereocenters. The van der Waals surface area contributed by atoms with Crippen LogP contribution in [0.4, 0.5) is 0 Å². The monoisotopic (exact) mass is 360 g/mol. The zero-order valence-electron chi connectivity index (χ0n) is 14.9. The van der Waals surface area contributed by atoms with Crippen molar-refractivity contribution >= 4 is 11.8 Å². The van der Waals surface area contributed by atoms with Crippen molar-refractivity contribution in [2.75, 3.05) is 26.2 Å². The Labute approximate surface area is 157 Å². The number of hydrogen-bond acceptors (Lipinski definition) is 3. The lowest BCUT2D eigenvalue weighted by Gasteiger charge is -2.35. The lowest BCUT2D eigenvalue weighted by atomic mass is 10.1. The number of benzene rings is 2. The Hall–Kier alpha value is -3.41. The number of rotatable bonds is 3. The molecule has 6 heteroatoms. The Morgan fingerprint density at radius 1 is 0.741 bits per heavy atom. The molecule has 6 nitrogen and oxygen atoms in total. The number of carbonyl (C=O) groups excluding carboxylic acids is 2. The second-order valence-electron chi connectivity index (χ2n) is 6.47. The summed E-state index contributed by atoms with van der Waals surface area (Å²) in [4.78, 5) is 32.9. The number of carbonyl (C=O) groups is 2. The molecule has 2 amide bonds. The smallest absolute Gasteiger partial charge is 0.253 e. The van der Waals surface area contributed by atoms with Crippen molar-refractivity contribution in [2.45, 2.75) is 0 Å². The zero-order valence-corrected chi connectivity index (χ0v) is 14.9. The maximum absolute atomic E-state index is 12.7. The van der Waals surface area contributed by atoms with E-state index < -0.39 is 0 Å². The van der Waals surface area contributed by atoms with E-state index in [1.165, 1.54) is 0 Å². The first kappa shape index (κ1) is 17.0. The minimum Gasteiger partial charge on any atom is -0.335 e. The number of nitrogens with zero attached hydrogens (tertiary/aromatic N) is 4. The molecule has 1 fully saturated rings. The Kier molecular flexibility index (Phi) is 4.70. The van der Waals surface area contributed by atoms with Gasteiger partial charge in [-0.3, -0.25) is 9.59 Å². The van der Waals surface area contributed by atoms with Gasteiger partial charge in [-0.15, -0.1) is 0 Å². The van der Waals surface area contributed by atoms with Gasteiger partial charge in [-0.2, -0.15) is 0 Å². The number of hydrogen-bond donors (Lipinski definition) is 0. The van der Waals surface area contributed by atoms with Gasteiger partial charge in [0, 0.05) is 55.4 Å². The molecule has 0 N–H and O–H groups in total. The van der Waals surface area contributed by atoms with E-state index in [0.29, 0.717) is 37.3 Å². The van der Waals surface area contributed by atoms with Gasteiger partial charge in [-0.25, -0.2) is 4.98 Å². The van der Waals surface area contributed by atoms with Crippen molar-refractivity contribution in [1.29, 1.82) is 0 Å². The molecule has 0 bridgehead atoms. The molecule has 0 saturated carbocycles. The van der Waals surface area contributed by atoms with Crippen LogP contribution in [0.1, 0.15) is 20.7 Å². The van der Waals surface area contributed by atoms with Gasteiger partial charge in [-0.05, 0) is 36.4 Å². The SMILES string of the molecule is O=C(c1ccccc1)N1CCN(C(=O)c2ccc(-n3ccnc3)cc2)CC1. The Morgan fingerprint density at radius 3 is 1.81 bits per heavy atom. The summed E-state index contributed by atoms with van der Waals surface area (Å²) in [7, 11) is 0. The quantitative estimate of drug-likeness (QED) is 0.721. The summed E-state index contributed by atoms with van der Waals surface area (Å²) in [5.41, 5.74) is 2.30. The maximum atomic E-state index is 12.7. The zero-order chi connectivity index (χ0) is 18.6. The van der Waals surface area contributed by atoms with Crippen LogP contribution in [0, 0.1) is 0 Å². The third-order valence-electron chi connectivity index (χ3n) is 4.79. The first-order valence-electron chi connectivity index (χ1n) is 8.94. The van der Waals surface area contributed by atoms with Crippen LogP contribution in [0.5, 0.6) is 0 Å². The lowest BCUT2D eigenvalue weighted by molar-refractivity contribution is 0.0535. The molecule has 1 aliphatic heterocycles. The van der Waals surface area contributed by atoms with Crippen molar-refractivity contribution in [3.05, 3.63) is 84.4 Å². The third-order valence-corrected chi connectivity index (χ3v) is 4.79. The van der Waals surface area contributed by atoms with Gasteiger partial charge in [0.05, 0.1) is 6.33 Å². The van der Waals surface area contributed by atoms with Gasteiger partial charge in [-0.1, -0.05) is 18.2 Å². The van der Waals surface area contributed by atoms with E-state index >= 15 is 0 Å². The average Bonchev–Trinajstić information content (AvgIpc) is 3.28. The van der Waals surface area contributed by atoms with Crippen molar-refractivity contribution in [3.63, 3.8) is 0 Å². The van der Waals surface area contributed by atoms with Crippen LogP contribution in [0.15, 0.2) is 73.3 Å². The molecule has 0 spiro atoms. The Bertz CT molecular complexity index is 913. The topological polar surface area (TPSA) is 58.4 Å². The number of amides is 2. The van der Waals surface area contributed by atoms with Crippen LogP contribution < -0.4 is 0 Å². The van der Waals surface area contributed by atoms with Gasteiger partial charge in [0.1, 0.15) is 0 Å². The van der Waals surface area contributed by atoms with E-state index in [1.54, 1.807) is 22.3 Å². The minimum atomic E-state index is -0.000934. The van der Waals surface area contributed by atoms with Gasteiger partial charge < -0.3 is 14.4 Å². The number of piperazine rings is 1. The molecule has 4 rings (SSSR count). The molecule has 1 saturated heterocycles. The minimum absolute atomic E-state index is 0.000934. The van der Waals surface area contributed by atoms with E-state index in [-0.39, 0.29) is 11.8 Å². The summed E-state index contributed by atoms with van der Waals surface area (Å²) in [6, 6.07) is 16.7. The summed E-state index contributed by atoms with van der Waals surface area (Å²) in [6.45, 7) is 2.18. The predicted molar refractivity (Wildman–Crippen MR) is 102 cm³/mol. The Morgan fingerprint density at radius 2 is 1.30 bits per heavy atom. The Balaban J connectivity index is 1.38. The molecule has 27 heavy (non-hydrogen) atoms. The van der Waals surface area contributed by atoms with Crippen molar-refractivity contribution in [1.82, 2.24) is 19.4 Å². The summed E-state index contributed by atoms with van der Waals surface area (Å²) in [6.07, 6.45) is 5.30. The van der Waals surface area contributed by atoms with Crippen LogP contribution in [0.2, 0.25) is 0 Å². The largest absolute Gasteiger partial charge is 0.335 e. The molecule has 1 aliphatic rings. The van der Waals surface area contributed by atoms with Crippen molar-refractivity contribution in [3.8, 4) is 5.69 Å². The summed E-state index contributed by atoms with van der Waals surface area (Å²) in [5, 5.41) is 0. The fourth-order valence-corrected chi connectivity index (χ4v) is 3.25. The van der Waals surface area contributed by atoms with Crippen LogP contribution >= 0.6 is 0 Å². The standard InChI is InChI=1S/C21H20N4O2/c26-20(17-4-2-1-3-5-17)23-12-14-24(15-13-23)21(27)18-6-8-19(9-7-18)25-11-10-22-16-25/h1-11,16H,12-15H2. The third kappa shape index (κ3) is 3.60. The maximum Gasteiger partial charge on any atom is 0.253 e. The van der Waals surface area contributed by atoms with Crippen LogP contribution in [0.25, 0.3) is 5.69 Å². The predicted octanol–water partition coefficient (Wildman–Crippen LogP) is 2.47. The second kappa shape index (κ2) is 7.45. The van der Waals surface area contributed by atoms with E-state index in [2.05, 4.69) is 4.98 Å². The molecular weight excluding hydrogens is 340 g/mol. The van der Waals surface area contributed by atoms with Crippen LogP contribution in [0.3, 0.4) is 0 Å². The molecule has 0 radical (unpaired) electrons. The first-order valence-corrected chi connectivity index (χ1v) is 8.94. The summed E-state index contributed by atoms with van der Waals surface area (Å²) >= 11 is 0. The van der Waals surface area contributed by atoms with E-state index in [9.17, 15) is 9.59 Å². The highest BCUT2D eigenvalue weighted by Gasteiger charge is 2.25. The molecular formula is C21H20N4O2. The molecule has 3 aromatic rings. The van der Waals surface area contributed by atoms with Gasteiger partial charge >= 0.3 is 0 Å². The first-order chi connectivity index (χ1) is 13.2. The summed E-state index contributed by atoms with van der Waals surface area (Å²) in [5.74, 6) is 0.0198. The molecule has 0 atom stereocenters. The molecule has 2 heterocycles. The second-order valence-corrected chi connectivity index (χ2v) is 6.47. The van der Waals surface area contributed by atoms with Gasteiger partial charge in [0.15, 0.2) is 0 Å². The highest BCUT2D eigenvalue weighted by Crippen LogP contribution is 2.14. The lowest BCUT2D eigenvalue weighted by Crippen LogP contribution is -2.50. The molecule has 2 aromatic carbocycles. The van der Waals surface area contributed by atoms with Crippen molar-refractivity contribution in [2.24, 2.45) is 0 Å². The fraction of sp³-hybridized carbons (Fsp3) is 0.190. The van der Waals surface area contributed by atoms with Crippen LogP contribution in [-0.4, -0.2) is 57.3 Å². The highest BCUT2D eigenvalue weighted by atomic mass is 16.2. The summed E-state index contributed by atoms with van der Waals surface area (Å²) < 4.78 is 1.89. The van der Waals surface area contributed by atoms with Gasteiger partial charge in [0.25, 0.3) is 11.8 Å². The van der Waals surface area contributed by atoms with Crippen molar-refractivity contribution < 1.29 is 9.59 Å². The molecule has 1 aromatic heterocycles. The van der Waals surface area contributed by atoms with Gasteiger partial charge in [0.2, 0.25) is 0 Å². The average molecular weight is 360 g/mol. The van der Waals surface area contributed by atoms with E-state index in [4.69, 9.17) is 0 Å². The van der Waals surface area contributed by atoms with Crippen LogP contribution in [-0.2, 0) is 0 Å². The van der Waals surface area contributed by atoms with E-state index in [1.807, 2.05) is 65.4 Å². The van der Waals surface area contributed by atoms with E-state index in [0.717, 1.165) is 5.69 Å². The number of imidazole rings is 1. The normalized spacial score (nSPS) is 14.2. The fourth-order valence-electron chi connectivity index (χ4n) is 3.25. The highest BCUT2D eigenvalue weighted by molar-refractivity contribution is 5.96. The number of aromatic nitrogens is 2.